The molecule has 130 valence electrons. The Labute approximate surface area is 146 Å². The van der Waals surface area contributed by atoms with Crippen LogP contribution < -0.4 is 10.1 Å². The zero-order valence-electron chi connectivity index (χ0n) is 13.5. The molecule has 2 heterocycles. The van der Waals surface area contributed by atoms with E-state index in [2.05, 4.69) is 10.3 Å². The summed E-state index contributed by atoms with van der Waals surface area (Å²) >= 11 is 1.27. The van der Waals surface area contributed by atoms with Crippen molar-refractivity contribution in [3.63, 3.8) is 0 Å². The highest BCUT2D eigenvalue weighted by atomic mass is 32.1. The molecule has 4 amide bonds. The molecule has 2 aromatic rings. The quantitative estimate of drug-likeness (QED) is 0.831. The maximum atomic E-state index is 13.1. The van der Waals surface area contributed by atoms with Crippen LogP contribution in [0.3, 0.4) is 0 Å². The molecule has 1 atom stereocenters. The molecule has 1 saturated heterocycles. The number of carbonyl (C=O) groups excluding carboxylic acids is 3. The van der Waals surface area contributed by atoms with E-state index in [1.165, 1.54) is 42.5 Å². The van der Waals surface area contributed by atoms with Gasteiger partial charge in [-0.05, 0) is 24.6 Å². The molecular formula is C16H15FN4O3S. The molecule has 1 fully saturated rings. The SMILES string of the molecule is Cn1ccsc1=NC(=O)CN1C(=O)NC(C)(c2ccc(F)cc2)C1=O. The molecule has 9 heteroatoms. The number of urea groups is 1. The molecule has 7 nitrogen and oxygen atoms in total. The van der Waals surface area contributed by atoms with Gasteiger partial charge in [0.05, 0.1) is 0 Å². The van der Waals surface area contributed by atoms with Crippen molar-refractivity contribution in [1.82, 2.24) is 14.8 Å². The minimum absolute atomic E-state index is 0.434. The number of halogens is 1. The molecule has 25 heavy (non-hydrogen) atoms. The van der Waals surface area contributed by atoms with E-state index in [9.17, 15) is 18.8 Å². The highest BCUT2D eigenvalue weighted by Gasteiger charge is 2.49. The average molecular weight is 362 g/mol. The maximum Gasteiger partial charge on any atom is 0.325 e. The molecule has 0 aliphatic carbocycles. The number of aryl methyl sites for hydroxylation is 1. The molecule has 3 rings (SSSR count). The Balaban J connectivity index is 1.83. The standard InChI is InChI=1S/C16H15FN4O3S/c1-16(10-3-5-11(17)6-4-10)13(23)21(14(24)19-16)9-12(22)18-15-20(2)7-8-25-15/h3-8H,9H2,1-2H3,(H,19,24). The molecule has 1 aliphatic rings. The number of hydrogen-bond donors (Lipinski definition) is 1. The summed E-state index contributed by atoms with van der Waals surface area (Å²) in [6, 6.07) is 4.58. The van der Waals surface area contributed by atoms with E-state index in [-0.39, 0.29) is 0 Å². The minimum atomic E-state index is -1.35. The van der Waals surface area contributed by atoms with Crippen LogP contribution >= 0.6 is 11.3 Å². The molecule has 1 N–H and O–H groups in total. The van der Waals surface area contributed by atoms with E-state index in [4.69, 9.17) is 0 Å². The van der Waals surface area contributed by atoms with Gasteiger partial charge in [-0.2, -0.15) is 4.99 Å². The smallest absolute Gasteiger partial charge is 0.325 e. The number of benzene rings is 1. The first-order valence-corrected chi connectivity index (χ1v) is 8.27. The molecule has 0 bridgehead atoms. The third-order valence-electron chi connectivity index (χ3n) is 3.97. The third kappa shape index (κ3) is 3.10. The lowest BCUT2D eigenvalue weighted by atomic mass is 9.92. The van der Waals surface area contributed by atoms with E-state index in [0.717, 1.165) is 4.90 Å². The molecular weight excluding hydrogens is 347 g/mol. The van der Waals surface area contributed by atoms with Crippen LogP contribution in [-0.4, -0.2) is 33.9 Å². The molecule has 0 radical (unpaired) electrons. The second-order valence-electron chi connectivity index (χ2n) is 5.76. The Bertz CT molecular complexity index is 918. The molecule has 1 aliphatic heterocycles. The zero-order valence-corrected chi connectivity index (χ0v) is 14.3. The van der Waals surface area contributed by atoms with Crippen molar-refractivity contribution in [3.8, 4) is 0 Å². The lowest BCUT2D eigenvalue weighted by molar-refractivity contribution is -0.134. The van der Waals surface area contributed by atoms with Crippen molar-refractivity contribution in [2.24, 2.45) is 12.0 Å². The van der Waals surface area contributed by atoms with Crippen LogP contribution in [0.4, 0.5) is 9.18 Å². The van der Waals surface area contributed by atoms with Crippen LogP contribution in [0.2, 0.25) is 0 Å². The Morgan fingerprint density at radius 3 is 2.60 bits per heavy atom. The normalized spacial score (nSPS) is 20.9. The van der Waals surface area contributed by atoms with E-state index >= 15 is 0 Å². The summed E-state index contributed by atoms with van der Waals surface area (Å²) in [7, 11) is 1.74. The number of hydrogen-bond acceptors (Lipinski definition) is 4. The van der Waals surface area contributed by atoms with E-state index < -0.39 is 35.7 Å². The Hall–Kier alpha value is -2.81. The van der Waals surface area contributed by atoms with E-state index in [1.807, 2.05) is 0 Å². The summed E-state index contributed by atoms with van der Waals surface area (Å²) in [6.45, 7) is 1.06. The summed E-state index contributed by atoms with van der Waals surface area (Å²) in [6.07, 6.45) is 1.75. The van der Waals surface area contributed by atoms with Crippen LogP contribution in [0, 0.1) is 5.82 Å². The Morgan fingerprint density at radius 1 is 1.32 bits per heavy atom. The van der Waals surface area contributed by atoms with Crippen LogP contribution in [0.5, 0.6) is 0 Å². The van der Waals surface area contributed by atoms with Crippen molar-refractivity contribution in [2.45, 2.75) is 12.5 Å². The molecule has 0 saturated carbocycles. The van der Waals surface area contributed by atoms with Gasteiger partial charge in [0.15, 0.2) is 4.80 Å². The predicted octanol–water partition coefficient (Wildman–Crippen LogP) is 1.12. The Kier molecular flexibility index (Phi) is 4.25. The van der Waals surface area contributed by atoms with Crippen LogP contribution in [0.25, 0.3) is 0 Å². The van der Waals surface area contributed by atoms with Gasteiger partial charge in [-0.15, -0.1) is 11.3 Å². The monoisotopic (exact) mass is 362 g/mol. The van der Waals surface area contributed by atoms with Gasteiger partial charge in [-0.3, -0.25) is 14.5 Å². The molecule has 1 unspecified atom stereocenters. The Morgan fingerprint density at radius 2 is 2.00 bits per heavy atom. The summed E-state index contributed by atoms with van der Waals surface area (Å²) < 4.78 is 14.8. The van der Waals surface area contributed by atoms with Gasteiger partial charge in [0, 0.05) is 18.6 Å². The number of imide groups is 1. The van der Waals surface area contributed by atoms with Crippen LogP contribution in [-0.2, 0) is 22.2 Å². The second kappa shape index (κ2) is 6.25. The zero-order chi connectivity index (χ0) is 18.2. The number of amides is 4. The number of carbonyl (C=O) groups is 3. The van der Waals surface area contributed by atoms with Crippen LogP contribution in [0.15, 0.2) is 40.8 Å². The summed E-state index contributed by atoms with van der Waals surface area (Å²) in [5.41, 5.74) is -0.914. The van der Waals surface area contributed by atoms with Crippen molar-refractivity contribution < 1.29 is 18.8 Å². The molecule has 0 spiro atoms. The number of nitrogens with one attached hydrogen (secondary N) is 1. The highest BCUT2D eigenvalue weighted by molar-refractivity contribution is 7.07. The topological polar surface area (TPSA) is 83.8 Å². The fraction of sp³-hybridized carbons (Fsp3) is 0.250. The van der Waals surface area contributed by atoms with Crippen molar-refractivity contribution >= 4 is 29.2 Å². The average Bonchev–Trinajstić information content (AvgIpc) is 3.05. The first-order chi connectivity index (χ1) is 11.8. The first-order valence-electron chi connectivity index (χ1n) is 7.39. The fourth-order valence-corrected chi connectivity index (χ4v) is 3.28. The third-order valence-corrected chi connectivity index (χ3v) is 4.82. The van der Waals surface area contributed by atoms with Crippen molar-refractivity contribution in [1.29, 1.82) is 0 Å². The number of aromatic nitrogens is 1. The van der Waals surface area contributed by atoms with Gasteiger partial charge in [0.25, 0.3) is 11.8 Å². The predicted molar refractivity (Wildman–Crippen MR) is 87.9 cm³/mol. The highest BCUT2D eigenvalue weighted by Crippen LogP contribution is 2.28. The lowest BCUT2D eigenvalue weighted by Gasteiger charge is -2.21. The summed E-state index contributed by atoms with van der Waals surface area (Å²) in [5, 5.41) is 4.33. The van der Waals surface area contributed by atoms with E-state index in [1.54, 1.807) is 23.2 Å². The molecule has 1 aromatic carbocycles. The summed E-state index contributed by atoms with van der Waals surface area (Å²) in [5.74, 6) is -1.63. The van der Waals surface area contributed by atoms with Gasteiger partial charge in [-0.1, -0.05) is 12.1 Å². The van der Waals surface area contributed by atoms with Crippen LogP contribution in [0.1, 0.15) is 12.5 Å². The molecule has 1 aromatic heterocycles. The second-order valence-corrected chi connectivity index (χ2v) is 6.63. The first kappa shape index (κ1) is 17.0. The lowest BCUT2D eigenvalue weighted by Crippen LogP contribution is -2.41. The number of thiazole rings is 1. The van der Waals surface area contributed by atoms with Crippen molar-refractivity contribution in [2.75, 3.05) is 6.54 Å². The van der Waals surface area contributed by atoms with Gasteiger partial charge in [0.1, 0.15) is 17.9 Å². The largest absolute Gasteiger partial charge is 0.327 e. The van der Waals surface area contributed by atoms with Gasteiger partial charge in [0.2, 0.25) is 0 Å². The van der Waals surface area contributed by atoms with Gasteiger partial charge < -0.3 is 9.88 Å². The fourth-order valence-electron chi connectivity index (χ4n) is 2.53. The van der Waals surface area contributed by atoms with Gasteiger partial charge in [-0.25, -0.2) is 9.18 Å². The van der Waals surface area contributed by atoms with Crippen molar-refractivity contribution in [3.05, 3.63) is 52.0 Å². The number of rotatable bonds is 3. The minimum Gasteiger partial charge on any atom is -0.327 e. The summed E-state index contributed by atoms with van der Waals surface area (Å²) in [4.78, 5) is 42.1. The maximum absolute atomic E-state index is 13.1. The van der Waals surface area contributed by atoms with E-state index in [0.29, 0.717) is 10.4 Å². The van der Waals surface area contributed by atoms with Gasteiger partial charge >= 0.3 is 6.03 Å². The number of nitrogens with zero attached hydrogens (tertiary/aromatic N) is 3.